The quantitative estimate of drug-likeness (QED) is 0.0667. The number of carbonyl (C=O) groups excluding carboxylic acids is 2. The van der Waals surface area contributed by atoms with Gasteiger partial charge in [-0.05, 0) is 140 Å². The topological polar surface area (TPSA) is 163 Å². The van der Waals surface area contributed by atoms with Crippen LogP contribution in [0.1, 0.15) is 62.2 Å². The molecule has 0 radical (unpaired) electrons. The van der Waals surface area contributed by atoms with E-state index in [2.05, 4.69) is 45.2 Å². The summed E-state index contributed by atoms with van der Waals surface area (Å²) in [5, 5.41) is 32.1. The van der Waals surface area contributed by atoms with Gasteiger partial charge in [0.05, 0.1) is 37.4 Å². The molecule has 292 valence electrons. The maximum atomic E-state index is 13.3. The third kappa shape index (κ3) is 11.4. The van der Waals surface area contributed by atoms with E-state index in [0.29, 0.717) is 59.7 Å². The van der Waals surface area contributed by atoms with Crippen molar-refractivity contribution in [1.29, 1.82) is 0 Å². The van der Waals surface area contributed by atoms with Crippen LogP contribution >= 0.6 is 90.4 Å². The normalized spacial score (nSPS) is 11.9. The number of esters is 1. The second kappa shape index (κ2) is 21.1. The first-order valence-electron chi connectivity index (χ1n) is 17.3. The number of phenolic OH excluding ortho intramolecular Hbond substituents is 2. The van der Waals surface area contributed by atoms with Gasteiger partial charge in [0.25, 0.3) is 0 Å². The number of hydrogen-bond donors (Lipinski definition) is 2. The third-order valence-corrected chi connectivity index (χ3v) is 11.8. The van der Waals surface area contributed by atoms with Crippen molar-refractivity contribution >= 4 is 135 Å². The Morgan fingerprint density at radius 2 is 1.25 bits per heavy atom. The van der Waals surface area contributed by atoms with Gasteiger partial charge in [0.1, 0.15) is 46.2 Å². The number of fused-ring (bicyclic) bond motifs is 4. The summed E-state index contributed by atoms with van der Waals surface area (Å²) in [5.41, 5.74) is 2.78. The summed E-state index contributed by atoms with van der Waals surface area (Å²) < 4.78 is 25.0. The average Bonchev–Trinajstić information content (AvgIpc) is 3.72. The first kappa shape index (κ1) is 47.1. The van der Waals surface area contributed by atoms with Gasteiger partial charge in [-0.25, -0.2) is 4.79 Å². The molecule has 0 bridgehead atoms. The maximum absolute atomic E-state index is 13.3. The van der Waals surface area contributed by atoms with Gasteiger partial charge < -0.3 is 33.3 Å². The Balaban J connectivity index is 0.000000225. The summed E-state index contributed by atoms with van der Waals surface area (Å²) in [6.45, 7) is 7.31. The number of furan rings is 2. The number of benzene rings is 4. The standard InChI is InChI=1S/C21H18I2O5.C17H8I2O4.C4H9O.Li/c1-3-11(2)27-18(24)10-17-19(13-6-4-5-7-16(13)28-17)20(25)12-8-14(22)21(26)15(23)9-12;18-10-5-8(6-11(19)16(10)21)17-15-9-3-1-2-4-12(9)22-13(15)7-14(20)23-17;1-3-4(2)5;/h4-9,11,26H,3,10H2,1-2H3;1-7,21H;4H,3H2,1-2H3;/q;;-1;+1/t11-;;4-;/m0.0./s1. The van der Waals surface area contributed by atoms with E-state index in [4.69, 9.17) is 18.0 Å². The van der Waals surface area contributed by atoms with Gasteiger partial charge in [0.15, 0.2) is 5.78 Å². The van der Waals surface area contributed by atoms with Crippen molar-refractivity contribution in [2.45, 2.75) is 59.2 Å². The second-order valence-corrected chi connectivity index (χ2v) is 17.3. The third-order valence-electron chi connectivity index (χ3n) is 8.54. The summed E-state index contributed by atoms with van der Waals surface area (Å²) in [6, 6.07) is 23.0. The molecule has 0 fully saturated rings. The fourth-order valence-corrected chi connectivity index (χ4v) is 8.92. The van der Waals surface area contributed by atoms with Crippen molar-refractivity contribution < 1.29 is 61.8 Å². The van der Waals surface area contributed by atoms with Crippen LogP contribution in [0.25, 0.3) is 44.2 Å². The maximum Gasteiger partial charge on any atom is 1.00 e. The molecular formula is C42H35I4LiO10. The van der Waals surface area contributed by atoms with Gasteiger partial charge in [-0.1, -0.05) is 63.6 Å². The van der Waals surface area contributed by atoms with Gasteiger partial charge in [0, 0.05) is 21.9 Å². The predicted octanol–water partition coefficient (Wildman–Crippen LogP) is 7.73. The van der Waals surface area contributed by atoms with Crippen LogP contribution in [-0.2, 0) is 16.0 Å². The van der Waals surface area contributed by atoms with Gasteiger partial charge in [0.2, 0.25) is 0 Å². The van der Waals surface area contributed by atoms with Gasteiger partial charge >= 0.3 is 30.5 Å². The van der Waals surface area contributed by atoms with E-state index >= 15 is 0 Å². The molecule has 0 amide bonds. The van der Waals surface area contributed by atoms with E-state index in [1.54, 1.807) is 43.3 Å². The smallest absolute Gasteiger partial charge is 0.852 e. The zero-order valence-electron chi connectivity index (χ0n) is 31.5. The number of rotatable bonds is 8. The van der Waals surface area contributed by atoms with E-state index in [-0.39, 0.29) is 60.5 Å². The molecule has 0 saturated carbocycles. The number of ether oxygens (including phenoxy) is 1. The molecule has 2 atom stereocenters. The van der Waals surface area contributed by atoms with Crippen LogP contribution in [0, 0.1) is 14.3 Å². The molecule has 57 heavy (non-hydrogen) atoms. The van der Waals surface area contributed by atoms with Crippen molar-refractivity contribution in [3.63, 3.8) is 0 Å². The van der Waals surface area contributed by atoms with Crippen molar-refractivity contribution in [2.75, 3.05) is 0 Å². The summed E-state index contributed by atoms with van der Waals surface area (Å²) in [6.07, 6.45) is 0.778. The minimum absolute atomic E-state index is 0. The predicted molar refractivity (Wildman–Crippen MR) is 247 cm³/mol. The van der Waals surface area contributed by atoms with Gasteiger partial charge in [-0.3, -0.25) is 9.59 Å². The van der Waals surface area contributed by atoms with Crippen molar-refractivity contribution in [2.24, 2.45) is 0 Å². The van der Waals surface area contributed by atoms with E-state index in [9.17, 15) is 29.7 Å². The van der Waals surface area contributed by atoms with E-state index in [1.165, 1.54) is 6.07 Å². The number of ketones is 1. The first-order valence-corrected chi connectivity index (χ1v) is 21.7. The van der Waals surface area contributed by atoms with Crippen LogP contribution in [0.5, 0.6) is 11.5 Å². The second-order valence-electron chi connectivity index (χ2n) is 12.6. The molecule has 2 N–H and O–H groups in total. The van der Waals surface area contributed by atoms with Crippen LogP contribution in [0.15, 0.2) is 96.9 Å². The summed E-state index contributed by atoms with van der Waals surface area (Å²) in [5.74, 6) is 0.420. The molecule has 0 aliphatic rings. The molecule has 0 aliphatic heterocycles. The minimum atomic E-state index is -0.468. The molecule has 7 aromatic rings. The van der Waals surface area contributed by atoms with E-state index in [1.807, 2.05) is 102 Å². The average molecular weight is 1210 g/mol. The zero-order valence-corrected chi connectivity index (χ0v) is 40.1. The van der Waals surface area contributed by atoms with Crippen LogP contribution < -0.4 is 29.6 Å². The zero-order chi connectivity index (χ0) is 40.8. The van der Waals surface area contributed by atoms with Gasteiger partial charge in [-0.15, -0.1) is 6.10 Å². The number of aromatic hydroxyl groups is 2. The Morgan fingerprint density at radius 3 is 1.79 bits per heavy atom. The molecule has 0 spiro atoms. The molecular weight excluding hydrogens is 1180 g/mol. The molecule has 3 aromatic heterocycles. The number of hydrogen-bond acceptors (Lipinski definition) is 10. The molecule has 15 heteroatoms. The molecule has 3 heterocycles. The van der Waals surface area contributed by atoms with Crippen LogP contribution in [0.3, 0.4) is 0 Å². The Morgan fingerprint density at radius 1 is 0.737 bits per heavy atom. The Hall–Kier alpha value is -2.61. The molecule has 4 aromatic carbocycles. The molecule has 10 nitrogen and oxygen atoms in total. The summed E-state index contributed by atoms with van der Waals surface area (Å²) in [4.78, 5) is 37.5. The Labute approximate surface area is 394 Å². The number of para-hydroxylation sites is 2. The minimum Gasteiger partial charge on any atom is -0.852 e. The van der Waals surface area contributed by atoms with E-state index < -0.39 is 11.6 Å². The van der Waals surface area contributed by atoms with Gasteiger partial charge in [-0.2, -0.15) is 0 Å². The number of halogens is 4. The molecule has 0 saturated heterocycles. The number of phenols is 2. The fraction of sp³-hybridized carbons (Fsp3) is 0.214. The molecule has 0 aliphatic carbocycles. The summed E-state index contributed by atoms with van der Waals surface area (Å²) >= 11 is 8.08. The van der Waals surface area contributed by atoms with Crippen molar-refractivity contribution in [3.8, 4) is 22.8 Å². The number of carbonyl (C=O) groups is 2. The molecule has 7 rings (SSSR count). The SMILES string of the molecule is CC[C@H](C)OC(=O)Cc1oc2ccccc2c1C(=O)c1cc(I)c(O)c(I)c1.CC[C@H](C)[O-].O=c1cc2oc3ccccc3c2c(-c2cc(I)c(O)c(I)c2)o1.[Li+]. The first-order chi connectivity index (χ1) is 26.6. The Kier molecular flexibility index (Phi) is 17.4. The monoisotopic (exact) mass is 1210 g/mol. The fourth-order valence-electron chi connectivity index (χ4n) is 5.38. The van der Waals surface area contributed by atoms with Crippen LogP contribution in [0.2, 0.25) is 0 Å². The Bertz CT molecular complexity index is 2560. The summed E-state index contributed by atoms with van der Waals surface area (Å²) in [7, 11) is 0. The molecule has 0 unspecified atom stereocenters. The largest absolute Gasteiger partial charge is 1.00 e. The van der Waals surface area contributed by atoms with Crippen molar-refractivity contribution in [3.05, 3.63) is 120 Å². The van der Waals surface area contributed by atoms with Crippen molar-refractivity contribution in [1.82, 2.24) is 0 Å². The van der Waals surface area contributed by atoms with Crippen LogP contribution in [0.4, 0.5) is 0 Å². The van der Waals surface area contributed by atoms with E-state index in [0.717, 1.165) is 22.8 Å². The van der Waals surface area contributed by atoms with Crippen LogP contribution in [-0.4, -0.2) is 34.2 Å².